The van der Waals surface area contributed by atoms with Gasteiger partial charge in [0.1, 0.15) is 5.75 Å². The summed E-state index contributed by atoms with van der Waals surface area (Å²) in [5.74, 6) is 0.130. The third-order valence-electron chi connectivity index (χ3n) is 2.02. The number of aldehydes is 1. The Labute approximate surface area is 93.5 Å². The second-order valence-electron chi connectivity index (χ2n) is 2.97. The van der Waals surface area contributed by atoms with E-state index in [4.69, 9.17) is 4.74 Å². The number of methoxy groups -OCH3 is 2. The fourth-order valence-electron chi connectivity index (χ4n) is 1.16. The van der Waals surface area contributed by atoms with Crippen molar-refractivity contribution < 1.29 is 19.1 Å². The van der Waals surface area contributed by atoms with Crippen LogP contribution in [0.1, 0.15) is 15.9 Å². The lowest BCUT2D eigenvalue weighted by molar-refractivity contribution is -0.134. The second-order valence-corrected chi connectivity index (χ2v) is 2.97. The van der Waals surface area contributed by atoms with Crippen molar-refractivity contribution in [3.63, 3.8) is 0 Å². The molecule has 0 aliphatic rings. The predicted molar refractivity (Wildman–Crippen MR) is 59.4 cm³/mol. The van der Waals surface area contributed by atoms with Gasteiger partial charge in [0.15, 0.2) is 6.29 Å². The molecule has 0 saturated heterocycles. The van der Waals surface area contributed by atoms with Gasteiger partial charge in [0.25, 0.3) is 0 Å². The Morgan fingerprint density at radius 1 is 1.25 bits per heavy atom. The van der Waals surface area contributed by atoms with Crippen LogP contribution in [0, 0.1) is 0 Å². The maximum atomic E-state index is 10.9. The summed E-state index contributed by atoms with van der Waals surface area (Å²) >= 11 is 0. The zero-order valence-electron chi connectivity index (χ0n) is 9.10. The van der Waals surface area contributed by atoms with Gasteiger partial charge in [-0.2, -0.15) is 0 Å². The summed E-state index contributed by atoms with van der Waals surface area (Å²) < 4.78 is 9.44. The highest BCUT2D eigenvalue weighted by molar-refractivity contribution is 5.90. The average molecular weight is 220 g/mol. The SMILES string of the molecule is COC(=O)/C=C/c1ccc(OC)cc1C=O. The predicted octanol–water partition coefficient (Wildman–Crippen LogP) is 1.69. The average Bonchev–Trinajstić information content (AvgIpc) is 2.35. The molecule has 0 amide bonds. The standard InChI is InChI=1S/C12H12O4/c1-15-11-5-3-9(10(7-11)8-13)4-6-12(14)16-2/h3-8H,1-2H3/b6-4+. The molecule has 0 heterocycles. The van der Waals surface area contributed by atoms with Gasteiger partial charge in [-0.25, -0.2) is 4.79 Å². The van der Waals surface area contributed by atoms with E-state index in [0.29, 0.717) is 23.2 Å². The molecule has 16 heavy (non-hydrogen) atoms. The lowest BCUT2D eigenvalue weighted by Crippen LogP contribution is -1.94. The minimum absolute atomic E-state index is 0.458. The van der Waals surface area contributed by atoms with Crippen molar-refractivity contribution >= 4 is 18.3 Å². The Morgan fingerprint density at radius 3 is 2.56 bits per heavy atom. The van der Waals surface area contributed by atoms with Gasteiger partial charge in [0.05, 0.1) is 14.2 Å². The maximum absolute atomic E-state index is 10.9. The van der Waals surface area contributed by atoms with Crippen LogP contribution in [-0.4, -0.2) is 26.5 Å². The monoisotopic (exact) mass is 220 g/mol. The van der Waals surface area contributed by atoms with E-state index < -0.39 is 5.97 Å². The molecular formula is C12H12O4. The van der Waals surface area contributed by atoms with Crippen LogP contribution in [0.3, 0.4) is 0 Å². The van der Waals surface area contributed by atoms with Crippen LogP contribution in [0.25, 0.3) is 6.08 Å². The fourth-order valence-corrected chi connectivity index (χ4v) is 1.16. The van der Waals surface area contributed by atoms with Crippen molar-refractivity contribution in [1.29, 1.82) is 0 Å². The molecule has 0 spiro atoms. The first-order chi connectivity index (χ1) is 7.71. The number of carbonyl (C=O) groups is 2. The van der Waals surface area contributed by atoms with Gasteiger partial charge < -0.3 is 9.47 Å². The smallest absolute Gasteiger partial charge is 0.330 e. The molecule has 1 rings (SSSR count). The molecule has 0 N–H and O–H groups in total. The topological polar surface area (TPSA) is 52.6 Å². The molecule has 4 heteroatoms. The highest BCUT2D eigenvalue weighted by atomic mass is 16.5. The fraction of sp³-hybridized carbons (Fsp3) is 0.167. The first-order valence-electron chi connectivity index (χ1n) is 4.60. The molecule has 0 bridgehead atoms. The van der Waals surface area contributed by atoms with E-state index in [-0.39, 0.29) is 0 Å². The molecule has 0 fully saturated rings. The normalized spacial score (nSPS) is 10.1. The van der Waals surface area contributed by atoms with Gasteiger partial charge in [0, 0.05) is 11.6 Å². The van der Waals surface area contributed by atoms with Crippen molar-refractivity contribution in [1.82, 2.24) is 0 Å². The molecule has 0 aliphatic heterocycles. The van der Waals surface area contributed by atoms with Crippen LogP contribution >= 0.6 is 0 Å². The molecule has 0 unspecified atom stereocenters. The van der Waals surface area contributed by atoms with Gasteiger partial charge in [-0.15, -0.1) is 0 Å². The summed E-state index contributed by atoms with van der Waals surface area (Å²) in [5, 5.41) is 0. The third kappa shape index (κ3) is 2.95. The van der Waals surface area contributed by atoms with Crippen molar-refractivity contribution in [2.24, 2.45) is 0 Å². The van der Waals surface area contributed by atoms with Crippen molar-refractivity contribution in [2.75, 3.05) is 14.2 Å². The van der Waals surface area contributed by atoms with Crippen LogP contribution in [0.5, 0.6) is 5.75 Å². The summed E-state index contributed by atoms with van der Waals surface area (Å²) in [7, 11) is 2.81. The van der Waals surface area contributed by atoms with Crippen LogP contribution in [0.15, 0.2) is 24.3 Å². The van der Waals surface area contributed by atoms with E-state index in [1.54, 1.807) is 18.2 Å². The van der Waals surface area contributed by atoms with E-state index in [1.807, 2.05) is 0 Å². The molecule has 0 aromatic heterocycles. The molecule has 0 atom stereocenters. The summed E-state index contributed by atoms with van der Waals surface area (Å²) in [6.07, 6.45) is 3.49. The molecule has 0 radical (unpaired) electrons. The summed E-state index contributed by atoms with van der Waals surface area (Å²) in [4.78, 5) is 21.7. The molecule has 84 valence electrons. The van der Waals surface area contributed by atoms with E-state index in [9.17, 15) is 9.59 Å². The Morgan fingerprint density at radius 2 is 2.00 bits per heavy atom. The van der Waals surface area contributed by atoms with Gasteiger partial charge in [-0.1, -0.05) is 6.07 Å². The number of esters is 1. The Kier molecular flexibility index (Phi) is 4.27. The number of ether oxygens (including phenoxy) is 2. The second kappa shape index (κ2) is 5.70. The number of rotatable bonds is 4. The van der Waals surface area contributed by atoms with Crippen LogP contribution in [0.2, 0.25) is 0 Å². The molecule has 1 aromatic carbocycles. The van der Waals surface area contributed by atoms with E-state index >= 15 is 0 Å². The minimum Gasteiger partial charge on any atom is -0.497 e. The number of hydrogen-bond donors (Lipinski definition) is 0. The first kappa shape index (κ1) is 12.0. The van der Waals surface area contributed by atoms with Gasteiger partial charge >= 0.3 is 5.97 Å². The molecule has 1 aromatic rings. The van der Waals surface area contributed by atoms with E-state index in [2.05, 4.69) is 4.74 Å². The van der Waals surface area contributed by atoms with Crippen LogP contribution < -0.4 is 4.74 Å². The lowest BCUT2D eigenvalue weighted by Gasteiger charge is -2.03. The van der Waals surface area contributed by atoms with E-state index in [1.165, 1.54) is 26.4 Å². The zero-order chi connectivity index (χ0) is 12.0. The summed E-state index contributed by atoms with van der Waals surface area (Å²) in [6, 6.07) is 5.01. The Hall–Kier alpha value is -2.10. The van der Waals surface area contributed by atoms with Gasteiger partial charge in [-0.05, 0) is 23.8 Å². The summed E-state index contributed by atoms with van der Waals surface area (Å²) in [6.45, 7) is 0. The van der Waals surface area contributed by atoms with E-state index in [0.717, 1.165) is 0 Å². The first-order valence-corrected chi connectivity index (χ1v) is 4.60. The molecular weight excluding hydrogens is 208 g/mol. The molecule has 0 aliphatic carbocycles. The Bertz CT molecular complexity index is 421. The lowest BCUT2D eigenvalue weighted by atomic mass is 10.1. The number of hydrogen-bond acceptors (Lipinski definition) is 4. The largest absolute Gasteiger partial charge is 0.497 e. The highest BCUT2D eigenvalue weighted by Crippen LogP contribution is 2.17. The van der Waals surface area contributed by atoms with Crippen molar-refractivity contribution in [3.8, 4) is 5.75 Å². The molecule has 0 saturated carbocycles. The zero-order valence-corrected chi connectivity index (χ0v) is 9.10. The van der Waals surface area contributed by atoms with Crippen LogP contribution in [0.4, 0.5) is 0 Å². The van der Waals surface area contributed by atoms with Gasteiger partial charge in [0.2, 0.25) is 0 Å². The number of benzene rings is 1. The van der Waals surface area contributed by atoms with Crippen molar-refractivity contribution in [3.05, 3.63) is 35.4 Å². The minimum atomic E-state index is -0.465. The number of carbonyl (C=O) groups excluding carboxylic acids is 2. The van der Waals surface area contributed by atoms with Gasteiger partial charge in [-0.3, -0.25) is 4.79 Å². The maximum Gasteiger partial charge on any atom is 0.330 e. The van der Waals surface area contributed by atoms with Crippen LogP contribution in [-0.2, 0) is 9.53 Å². The molecule has 4 nitrogen and oxygen atoms in total. The quantitative estimate of drug-likeness (QED) is 0.440. The Balaban J connectivity index is 3.00. The third-order valence-corrected chi connectivity index (χ3v) is 2.02. The summed E-state index contributed by atoms with van der Waals surface area (Å²) in [5.41, 5.74) is 1.10. The highest BCUT2D eigenvalue weighted by Gasteiger charge is 2.01. The van der Waals surface area contributed by atoms with Crippen molar-refractivity contribution in [2.45, 2.75) is 0 Å².